The highest BCUT2D eigenvalue weighted by atomic mass is 16.3. The fourth-order valence-corrected chi connectivity index (χ4v) is 2.41. The fourth-order valence-electron chi connectivity index (χ4n) is 2.41. The molecule has 2 aromatic carbocycles. The van der Waals surface area contributed by atoms with Crippen molar-refractivity contribution in [3.8, 4) is 0 Å². The monoisotopic (exact) mass is 254 g/mol. The van der Waals surface area contributed by atoms with Gasteiger partial charge >= 0.3 is 0 Å². The lowest BCUT2D eigenvalue weighted by molar-refractivity contribution is 0.178. The van der Waals surface area contributed by atoms with Crippen LogP contribution < -0.4 is 0 Å². The van der Waals surface area contributed by atoms with Gasteiger partial charge in [-0.3, -0.25) is 0 Å². The molecule has 2 rings (SSSR count). The Bertz CT molecular complexity index is 531. The number of hydrogen-bond acceptors (Lipinski definition) is 1. The minimum absolute atomic E-state index is 0.419. The molecule has 19 heavy (non-hydrogen) atoms. The molecule has 0 aliphatic carbocycles. The zero-order valence-electron chi connectivity index (χ0n) is 11.8. The summed E-state index contributed by atoms with van der Waals surface area (Å²) < 4.78 is 0. The highest BCUT2D eigenvalue weighted by Crippen LogP contribution is 2.21. The van der Waals surface area contributed by atoms with Crippen molar-refractivity contribution >= 4 is 0 Å². The van der Waals surface area contributed by atoms with Gasteiger partial charge in [0.15, 0.2) is 0 Å². The molecule has 0 fully saturated rings. The van der Waals surface area contributed by atoms with Crippen molar-refractivity contribution in [2.45, 2.75) is 39.2 Å². The van der Waals surface area contributed by atoms with Crippen LogP contribution in [0.4, 0.5) is 0 Å². The van der Waals surface area contributed by atoms with E-state index in [1.54, 1.807) is 0 Å². The first-order valence-corrected chi connectivity index (χ1v) is 7.02. The Morgan fingerprint density at radius 3 is 2.58 bits per heavy atom. The molecule has 1 nitrogen and oxygen atoms in total. The van der Waals surface area contributed by atoms with E-state index in [0.717, 1.165) is 18.4 Å². The van der Waals surface area contributed by atoms with Crippen molar-refractivity contribution in [1.29, 1.82) is 0 Å². The zero-order valence-corrected chi connectivity index (χ0v) is 11.8. The van der Waals surface area contributed by atoms with Crippen LogP contribution in [0.1, 0.15) is 41.7 Å². The van der Waals surface area contributed by atoms with Gasteiger partial charge in [-0.2, -0.15) is 0 Å². The van der Waals surface area contributed by atoms with Crippen LogP contribution in [-0.2, 0) is 12.8 Å². The molecule has 0 aliphatic rings. The zero-order chi connectivity index (χ0) is 13.7. The van der Waals surface area contributed by atoms with Gasteiger partial charge in [-0.1, -0.05) is 61.9 Å². The van der Waals surface area contributed by atoms with Crippen molar-refractivity contribution in [2.24, 2.45) is 0 Å². The first-order chi connectivity index (χ1) is 9.20. The summed E-state index contributed by atoms with van der Waals surface area (Å²) in [5.74, 6) is 0. The van der Waals surface area contributed by atoms with E-state index in [-0.39, 0.29) is 0 Å². The van der Waals surface area contributed by atoms with Crippen molar-refractivity contribution in [1.82, 2.24) is 0 Å². The lowest BCUT2D eigenvalue weighted by Crippen LogP contribution is -2.03. The third kappa shape index (κ3) is 3.68. The Kier molecular flexibility index (Phi) is 4.75. The molecule has 100 valence electrons. The Labute approximate surface area is 115 Å². The van der Waals surface area contributed by atoms with Crippen molar-refractivity contribution in [2.75, 3.05) is 0 Å². The van der Waals surface area contributed by atoms with Crippen LogP contribution >= 0.6 is 0 Å². The molecule has 0 amide bonds. The number of aryl methyl sites for hydroxylation is 2. The molecule has 1 unspecified atom stereocenters. The molecule has 0 radical (unpaired) electrons. The van der Waals surface area contributed by atoms with Crippen molar-refractivity contribution in [3.05, 3.63) is 70.8 Å². The molecule has 0 spiro atoms. The van der Waals surface area contributed by atoms with Gasteiger partial charge in [-0.15, -0.1) is 0 Å². The minimum Gasteiger partial charge on any atom is -0.388 e. The summed E-state index contributed by atoms with van der Waals surface area (Å²) in [5, 5.41) is 10.4. The second-order valence-corrected chi connectivity index (χ2v) is 5.14. The Morgan fingerprint density at radius 1 is 1.05 bits per heavy atom. The van der Waals surface area contributed by atoms with Gasteiger partial charge in [0, 0.05) is 6.42 Å². The quantitative estimate of drug-likeness (QED) is 0.847. The largest absolute Gasteiger partial charge is 0.388 e. The van der Waals surface area contributed by atoms with Gasteiger partial charge in [0.25, 0.3) is 0 Å². The van der Waals surface area contributed by atoms with Gasteiger partial charge in [-0.25, -0.2) is 0 Å². The van der Waals surface area contributed by atoms with Gasteiger partial charge in [-0.05, 0) is 35.6 Å². The van der Waals surface area contributed by atoms with E-state index in [0.29, 0.717) is 6.42 Å². The molecule has 0 bridgehead atoms. The topological polar surface area (TPSA) is 20.2 Å². The van der Waals surface area contributed by atoms with Crippen LogP contribution in [0, 0.1) is 6.92 Å². The molecule has 0 aromatic heterocycles. The third-order valence-corrected chi connectivity index (χ3v) is 3.55. The average Bonchev–Trinajstić information content (AvgIpc) is 2.42. The maximum absolute atomic E-state index is 10.4. The number of aliphatic hydroxyl groups is 1. The summed E-state index contributed by atoms with van der Waals surface area (Å²) >= 11 is 0. The van der Waals surface area contributed by atoms with Gasteiger partial charge in [0.1, 0.15) is 0 Å². The Hall–Kier alpha value is -1.60. The number of rotatable bonds is 5. The van der Waals surface area contributed by atoms with E-state index in [4.69, 9.17) is 0 Å². The van der Waals surface area contributed by atoms with Gasteiger partial charge in [0.05, 0.1) is 6.10 Å². The maximum atomic E-state index is 10.4. The van der Waals surface area contributed by atoms with Crippen LogP contribution in [0.2, 0.25) is 0 Å². The minimum atomic E-state index is -0.419. The van der Waals surface area contributed by atoms with Crippen LogP contribution in [0.25, 0.3) is 0 Å². The van der Waals surface area contributed by atoms with Crippen LogP contribution in [0.15, 0.2) is 48.5 Å². The Morgan fingerprint density at radius 2 is 1.84 bits per heavy atom. The van der Waals surface area contributed by atoms with Crippen LogP contribution in [0.5, 0.6) is 0 Å². The molecular weight excluding hydrogens is 232 g/mol. The highest BCUT2D eigenvalue weighted by Gasteiger charge is 2.10. The van der Waals surface area contributed by atoms with Crippen LogP contribution in [-0.4, -0.2) is 5.11 Å². The fraction of sp³-hybridized carbons (Fsp3) is 0.333. The summed E-state index contributed by atoms with van der Waals surface area (Å²) in [7, 11) is 0. The highest BCUT2D eigenvalue weighted by molar-refractivity contribution is 5.30. The first-order valence-electron chi connectivity index (χ1n) is 7.02. The Balaban J connectivity index is 2.13. The molecule has 1 N–H and O–H groups in total. The van der Waals surface area contributed by atoms with Gasteiger partial charge in [0.2, 0.25) is 0 Å². The summed E-state index contributed by atoms with van der Waals surface area (Å²) in [6.07, 6.45) is 2.47. The molecular formula is C18H22O. The second kappa shape index (κ2) is 6.53. The molecule has 2 aromatic rings. The summed E-state index contributed by atoms with van der Waals surface area (Å²) in [5.41, 5.74) is 4.79. The average molecular weight is 254 g/mol. The molecule has 0 heterocycles. The molecule has 1 atom stereocenters. The molecule has 0 aliphatic heterocycles. The number of benzene rings is 2. The number of aliphatic hydroxyl groups excluding tert-OH is 1. The first kappa shape index (κ1) is 13.8. The van der Waals surface area contributed by atoms with Crippen molar-refractivity contribution in [3.63, 3.8) is 0 Å². The van der Waals surface area contributed by atoms with E-state index in [1.165, 1.54) is 16.7 Å². The van der Waals surface area contributed by atoms with E-state index < -0.39 is 6.10 Å². The normalized spacial score (nSPS) is 12.4. The van der Waals surface area contributed by atoms with E-state index in [2.05, 4.69) is 38.1 Å². The molecule has 0 saturated heterocycles. The second-order valence-electron chi connectivity index (χ2n) is 5.14. The van der Waals surface area contributed by atoms with E-state index in [9.17, 15) is 5.11 Å². The predicted molar refractivity (Wildman–Crippen MR) is 80.3 cm³/mol. The lowest BCUT2D eigenvalue weighted by atomic mass is 9.96. The summed E-state index contributed by atoms with van der Waals surface area (Å²) in [6.45, 7) is 4.27. The van der Waals surface area contributed by atoms with Crippen LogP contribution in [0.3, 0.4) is 0 Å². The lowest BCUT2D eigenvalue weighted by Gasteiger charge is -2.14. The molecule has 0 saturated carbocycles. The molecule has 1 heteroatoms. The standard InChI is InChI=1S/C18H22O/c1-3-7-15-9-6-11-17(12-15)18(19)13-16-10-5-4-8-14(16)2/h4-6,8-12,18-19H,3,7,13H2,1-2H3. The summed E-state index contributed by atoms with van der Waals surface area (Å²) in [4.78, 5) is 0. The smallest absolute Gasteiger partial charge is 0.0830 e. The number of hydrogen-bond donors (Lipinski definition) is 1. The predicted octanol–water partition coefficient (Wildman–Crippen LogP) is 4.22. The maximum Gasteiger partial charge on any atom is 0.0830 e. The van der Waals surface area contributed by atoms with E-state index >= 15 is 0 Å². The van der Waals surface area contributed by atoms with Crippen molar-refractivity contribution < 1.29 is 5.11 Å². The van der Waals surface area contributed by atoms with Gasteiger partial charge < -0.3 is 5.11 Å². The van der Waals surface area contributed by atoms with E-state index in [1.807, 2.05) is 24.3 Å². The third-order valence-electron chi connectivity index (χ3n) is 3.55. The SMILES string of the molecule is CCCc1cccc(C(O)Cc2ccccc2C)c1. The summed E-state index contributed by atoms with van der Waals surface area (Å²) in [6, 6.07) is 16.6.